The molecule has 0 radical (unpaired) electrons. The van der Waals surface area contributed by atoms with Crippen LogP contribution in [0.5, 0.6) is 0 Å². The van der Waals surface area contributed by atoms with Crippen molar-refractivity contribution in [1.29, 1.82) is 0 Å². The van der Waals surface area contributed by atoms with Crippen molar-refractivity contribution in [2.45, 2.75) is 0 Å². The quantitative estimate of drug-likeness (QED) is 0.123. The van der Waals surface area contributed by atoms with Crippen molar-refractivity contribution in [3.05, 3.63) is 206 Å². The molecule has 12 aromatic rings. The van der Waals surface area contributed by atoms with Gasteiger partial charge in [0.1, 0.15) is 0 Å². The summed E-state index contributed by atoms with van der Waals surface area (Å²) >= 11 is 0.206. The van der Waals surface area contributed by atoms with E-state index in [4.69, 9.17) is 0 Å². The van der Waals surface area contributed by atoms with E-state index in [1.807, 2.05) is 0 Å². The molecule has 0 fully saturated rings. The molecule has 0 spiro atoms. The molecule has 1 heteroatoms. The van der Waals surface area contributed by atoms with Gasteiger partial charge in [0.2, 0.25) is 0 Å². The van der Waals surface area contributed by atoms with Crippen molar-refractivity contribution >= 4 is 87.7 Å². The fraction of sp³-hybridized carbons (Fsp3) is 0. The van der Waals surface area contributed by atoms with Gasteiger partial charge in [-0.2, -0.15) is 0 Å². The molecule has 0 aliphatic heterocycles. The van der Waals surface area contributed by atoms with Crippen LogP contribution in [0.1, 0.15) is 0 Å². The number of benzene rings is 11. The number of hydrogen-bond donors (Lipinski definition) is 0. The predicted molar refractivity (Wildman–Crippen MR) is 248 cm³/mol. The SMILES string of the molecule is c1ccc(-c2c3ccccc3c(-c3ccc4[se]c5cccc(-c6c7ccccc7c(-c7ccc8ccccc8c7)c7ccccc67)c5c4c3)c3ccccc23)cc1. The fourth-order valence-corrected chi connectivity index (χ4v) is 12.0. The molecule has 12 rings (SSSR count). The maximum atomic E-state index is 2.51. The van der Waals surface area contributed by atoms with Gasteiger partial charge in [-0.1, -0.05) is 6.07 Å². The Morgan fingerprint density at radius 2 is 0.702 bits per heavy atom. The van der Waals surface area contributed by atoms with Gasteiger partial charge in [0.05, 0.1) is 0 Å². The van der Waals surface area contributed by atoms with E-state index in [9.17, 15) is 0 Å². The van der Waals surface area contributed by atoms with Gasteiger partial charge in [-0.15, -0.1) is 0 Å². The number of fused-ring (bicyclic) bond motifs is 8. The topological polar surface area (TPSA) is 0 Å². The van der Waals surface area contributed by atoms with Gasteiger partial charge in [0.15, 0.2) is 0 Å². The second-order valence-corrected chi connectivity index (χ2v) is 17.4. The molecule has 0 N–H and O–H groups in total. The molecule has 0 aliphatic rings. The molecular weight excluding hydrogens is 752 g/mol. The van der Waals surface area contributed by atoms with Crippen LogP contribution in [0.15, 0.2) is 206 Å². The first kappa shape index (κ1) is 32.5. The second-order valence-electron chi connectivity index (χ2n) is 15.1. The van der Waals surface area contributed by atoms with E-state index in [1.54, 1.807) is 0 Å². The Hall–Kier alpha value is -6.76. The summed E-state index contributed by atoms with van der Waals surface area (Å²) in [6.07, 6.45) is 0. The third kappa shape index (κ3) is 5.00. The van der Waals surface area contributed by atoms with E-state index in [2.05, 4.69) is 206 Å². The molecule has 0 aliphatic carbocycles. The van der Waals surface area contributed by atoms with E-state index < -0.39 is 0 Å². The third-order valence-corrected chi connectivity index (χ3v) is 14.4. The molecule has 0 amide bonds. The molecule has 57 heavy (non-hydrogen) atoms. The van der Waals surface area contributed by atoms with Crippen molar-refractivity contribution < 1.29 is 0 Å². The zero-order valence-corrected chi connectivity index (χ0v) is 32.8. The Bertz CT molecular complexity index is 3460. The third-order valence-electron chi connectivity index (χ3n) is 12.0. The first-order chi connectivity index (χ1) is 28.3. The van der Waals surface area contributed by atoms with E-state index in [-0.39, 0.29) is 14.5 Å². The van der Waals surface area contributed by atoms with Gasteiger partial charge < -0.3 is 0 Å². The van der Waals surface area contributed by atoms with Crippen molar-refractivity contribution in [1.82, 2.24) is 0 Å². The normalized spacial score (nSPS) is 11.9. The van der Waals surface area contributed by atoms with E-state index in [1.165, 1.54) is 118 Å². The van der Waals surface area contributed by atoms with Gasteiger partial charge in [-0.25, -0.2) is 0 Å². The zero-order chi connectivity index (χ0) is 37.5. The number of hydrogen-bond acceptors (Lipinski definition) is 0. The van der Waals surface area contributed by atoms with Crippen LogP contribution in [0, 0.1) is 0 Å². The van der Waals surface area contributed by atoms with Crippen LogP contribution in [-0.4, -0.2) is 14.5 Å². The summed E-state index contributed by atoms with van der Waals surface area (Å²) < 4.78 is 2.90. The summed E-state index contributed by atoms with van der Waals surface area (Å²) in [6, 6.07) is 76.9. The summed E-state index contributed by atoms with van der Waals surface area (Å²) in [7, 11) is 0. The molecule has 0 saturated heterocycles. The molecule has 0 nitrogen and oxygen atoms in total. The van der Waals surface area contributed by atoms with Crippen LogP contribution in [-0.2, 0) is 0 Å². The van der Waals surface area contributed by atoms with Crippen LogP contribution < -0.4 is 0 Å². The summed E-state index contributed by atoms with van der Waals surface area (Å²) in [5.41, 5.74) is 10.3. The standard InChI is InChI=1S/C56H34Se/c1-2-16-36(17-3-1)52-40-19-6-8-21-42(40)54(43-22-9-7-20-41(43)52)39-31-32-50-49(34-39)56-48(27-14-28-51(56)57-50)55-46-25-12-10-23-44(46)53(45-24-11-13-26-47(45)55)38-30-29-35-15-4-5-18-37(35)33-38/h1-34H. The molecule has 0 atom stereocenters. The molecule has 264 valence electrons. The monoisotopic (exact) mass is 786 g/mol. The summed E-state index contributed by atoms with van der Waals surface area (Å²) in [6.45, 7) is 0. The molecule has 0 saturated carbocycles. The van der Waals surface area contributed by atoms with Crippen LogP contribution in [0.25, 0.3) is 118 Å². The fourth-order valence-electron chi connectivity index (χ4n) is 9.62. The summed E-state index contributed by atoms with van der Waals surface area (Å²) in [5, 5.41) is 15.6. The molecule has 1 aromatic heterocycles. The number of rotatable bonds is 4. The maximum absolute atomic E-state index is 2.51. The minimum absolute atomic E-state index is 0.206. The minimum atomic E-state index is 0.206. The summed E-state index contributed by atoms with van der Waals surface area (Å²) in [5.74, 6) is 0. The van der Waals surface area contributed by atoms with E-state index in [0.717, 1.165) is 0 Å². The van der Waals surface area contributed by atoms with Crippen LogP contribution in [0.2, 0.25) is 0 Å². The van der Waals surface area contributed by atoms with Gasteiger partial charge >= 0.3 is 332 Å². The Kier molecular flexibility index (Phi) is 7.35. The van der Waals surface area contributed by atoms with Crippen LogP contribution in [0.4, 0.5) is 0 Å². The second kappa shape index (κ2) is 12.9. The average molecular weight is 786 g/mol. The Morgan fingerprint density at radius 1 is 0.246 bits per heavy atom. The van der Waals surface area contributed by atoms with Crippen molar-refractivity contribution in [3.63, 3.8) is 0 Å². The summed E-state index contributed by atoms with van der Waals surface area (Å²) in [4.78, 5) is 0. The van der Waals surface area contributed by atoms with Crippen LogP contribution in [0.3, 0.4) is 0 Å². The first-order valence-corrected chi connectivity index (χ1v) is 21.4. The van der Waals surface area contributed by atoms with Crippen molar-refractivity contribution in [3.8, 4) is 44.5 Å². The molecule has 11 aromatic carbocycles. The Morgan fingerprint density at radius 3 is 1.28 bits per heavy atom. The van der Waals surface area contributed by atoms with Crippen molar-refractivity contribution in [2.75, 3.05) is 0 Å². The van der Waals surface area contributed by atoms with Gasteiger partial charge in [-0.05, 0) is 0 Å². The average Bonchev–Trinajstić information content (AvgIpc) is 3.66. The molecular formula is C56H34Se. The Labute approximate surface area is 336 Å². The van der Waals surface area contributed by atoms with Gasteiger partial charge in [0.25, 0.3) is 0 Å². The molecule has 1 heterocycles. The van der Waals surface area contributed by atoms with Crippen molar-refractivity contribution in [2.24, 2.45) is 0 Å². The Balaban J connectivity index is 1.15. The van der Waals surface area contributed by atoms with E-state index >= 15 is 0 Å². The predicted octanol–water partition coefficient (Wildman–Crippen LogP) is 15.5. The zero-order valence-electron chi connectivity index (χ0n) is 31.0. The molecule has 0 bridgehead atoms. The van der Waals surface area contributed by atoms with Gasteiger partial charge in [0, 0.05) is 0 Å². The molecule has 0 unspecified atom stereocenters. The van der Waals surface area contributed by atoms with Crippen LogP contribution >= 0.6 is 0 Å². The first-order valence-electron chi connectivity index (χ1n) is 19.7. The van der Waals surface area contributed by atoms with Gasteiger partial charge in [-0.3, -0.25) is 0 Å². The van der Waals surface area contributed by atoms with E-state index in [0.29, 0.717) is 0 Å².